The molecule has 4 atom stereocenters. The minimum Gasteiger partial charge on any atom is -0.493 e. The molecule has 5 N–H and O–H groups in total. The number of nitrogens with two attached hydrogens (primary N) is 2. The lowest BCUT2D eigenvalue weighted by Crippen LogP contribution is -2.47. The van der Waals surface area contributed by atoms with Gasteiger partial charge < -0.3 is 35.7 Å². The van der Waals surface area contributed by atoms with E-state index in [1.165, 1.54) is 0 Å². The molecule has 0 saturated carbocycles. The number of carbonyl (C=O) groups excluding carboxylic acids is 3. The molecule has 1 unspecified atom stereocenters. The van der Waals surface area contributed by atoms with Crippen LogP contribution in [0.2, 0.25) is 0 Å². The number of methoxy groups -OCH3 is 2. The van der Waals surface area contributed by atoms with Crippen molar-refractivity contribution in [3.63, 3.8) is 0 Å². The number of benzene rings is 1. The number of amides is 2. The first-order chi connectivity index (χ1) is 20.7. The summed E-state index contributed by atoms with van der Waals surface area (Å²) in [5.41, 5.74) is 12.5. The van der Waals surface area contributed by atoms with Crippen molar-refractivity contribution in [3.8, 4) is 11.5 Å². The SMILES string of the molecule is CCCC(=O)O[C@@H](C[C@@H](C(=O)NCC(C)(C)C(N)=O)C(C)C)C(N)C[C@H](Cc1ccc(OC)c(OCCCOC)c1)C(C)C. The summed E-state index contributed by atoms with van der Waals surface area (Å²) in [4.78, 5) is 37.8. The molecular weight excluding hydrogens is 562 g/mol. The summed E-state index contributed by atoms with van der Waals surface area (Å²) < 4.78 is 22.6. The first-order valence-corrected chi connectivity index (χ1v) is 16.0. The van der Waals surface area contributed by atoms with Crippen LogP contribution in [0.3, 0.4) is 0 Å². The zero-order valence-corrected chi connectivity index (χ0v) is 28.6. The fraction of sp³-hybridized carbons (Fsp3) is 0.735. The standard InChI is InChI=1S/C34H59N3O7/c1-10-12-31(38)44-29(20-26(23(4)5)32(39)37-21-34(6,7)33(36)40)27(35)19-25(22(2)3)17-24-13-14-28(42-9)30(18-24)43-16-11-15-41-8/h13-14,18,22-23,25-27,29H,10-12,15-17,19-21,35H2,1-9H3,(H2,36,40)(H,37,39)/t25-,26+,27?,29-/m0/s1. The molecule has 0 spiro atoms. The van der Waals surface area contributed by atoms with Crippen LogP contribution in [0.15, 0.2) is 18.2 Å². The molecule has 0 heterocycles. The molecular formula is C34H59N3O7. The molecule has 0 aromatic heterocycles. The van der Waals surface area contributed by atoms with Gasteiger partial charge in [-0.15, -0.1) is 0 Å². The van der Waals surface area contributed by atoms with Gasteiger partial charge in [0.1, 0.15) is 6.10 Å². The Hall–Kier alpha value is -2.85. The molecule has 2 amide bonds. The van der Waals surface area contributed by atoms with Crippen molar-refractivity contribution < 1.29 is 33.3 Å². The zero-order chi connectivity index (χ0) is 33.4. The molecule has 252 valence electrons. The number of nitrogens with one attached hydrogen (secondary N) is 1. The average molecular weight is 622 g/mol. The Morgan fingerprint density at radius 1 is 0.977 bits per heavy atom. The Morgan fingerprint density at radius 2 is 1.66 bits per heavy atom. The smallest absolute Gasteiger partial charge is 0.306 e. The average Bonchev–Trinajstić information content (AvgIpc) is 2.95. The highest BCUT2D eigenvalue weighted by atomic mass is 16.5. The lowest BCUT2D eigenvalue weighted by Gasteiger charge is -2.33. The molecule has 1 aromatic carbocycles. The lowest BCUT2D eigenvalue weighted by molar-refractivity contribution is -0.153. The van der Waals surface area contributed by atoms with Crippen LogP contribution in [0.4, 0.5) is 0 Å². The van der Waals surface area contributed by atoms with Gasteiger partial charge in [0, 0.05) is 45.1 Å². The number of hydrogen-bond acceptors (Lipinski definition) is 8. The van der Waals surface area contributed by atoms with E-state index in [0.717, 1.165) is 18.4 Å². The van der Waals surface area contributed by atoms with Crippen LogP contribution in [0.5, 0.6) is 11.5 Å². The molecule has 0 fully saturated rings. The number of primary amides is 1. The number of hydrogen-bond donors (Lipinski definition) is 3. The van der Waals surface area contributed by atoms with Crippen LogP contribution in [-0.2, 0) is 30.3 Å². The summed E-state index contributed by atoms with van der Waals surface area (Å²) >= 11 is 0. The summed E-state index contributed by atoms with van der Waals surface area (Å²) in [6, 6.07) is 5.48. The first kappa shape index (κ1) is 39.2. The van der Waals surface area contributed by atoms with E-state index in [1.54, 1.807) is 28.1 Å². The van der Waals surface area contributed by atoms with Crippen molar-refractivity contribution in [2.24, 2.45) is 40.6 Å². The van der Waals surface area contributed by atoms with E-state index in [9.17, 15) is 14.4 Å². The maximum Gasteiger partial charge on any atom is 0.306 e. The van der Waals surface area contributed by atoms with E-state index in [1.807, 2.05) is 39.0 Å². The normalized spacial score (nSPS) is 14.5. The van der Waals surface area contributed by atoms with Gasteiger partial charge in [-0.25, -0.2) is 0 Å². The minimum absolute atomic E-state index is 0.0474. The Labute approximate surface area is 265 Å². The van der Waals surface area contributed by atoms with Gasteiger partial charge in [0.25, 0.3) is 0 Å². The number of ether oxygens (including phenoxy) is 4. The molecule has 1 aromatic rings. The molecule has 0 bridgehead atoms. The van der Waals surface area contributed by atoms with Crippen molar-refractivity contribution in [2.75, 3.05) is 34.0 Å². The third kappa shape index (κ3) is 13.4. The molecule has 10 heteroatoms. The summed E-state index contributed by atoms with van der Waals surface area (Å²) in [7, 11) is 3.29. The largest absolute Gasteiger partial charge is 0.493 e. The Bertz CT molecular complexity index is 1030. The van der Waals surface area contributed by atoms with Gasteiger partial charge in [0.15, 0.2) is 11.5 Å². The van der Waals surface area contributed by atoms with Gasteiger partial charge in [0.05, 0.1) is 19.1 Å². The van der Waals surface area contributed by atoms with Crippen molar-refractivity contribution in [3.05, 3.63) is 23.8 Å². The van der Waals surface area contributed by atoms with Crippen molar-refractivity contribution in [1.82, 2.24) is 5.32 Å². The van der Waals surface area contributed by atoms with E-state index in [-0.39, 0.29) is 43.1 Å². The summed E-state index contributed by atoms with van der Waals surface area (Å²) in [6.07, 6.45) is 2.68. The third-order valence-electron chi connectivity index (χ3n) is 8.21. The second kappa shape index (κ2) is 19.5. The Balaban J connectivity index is 3.16. The van der Waals surface area contributed by atoms with E-state index in [4.69, 9.17) is 30.4 Å². The molecule has 0 aliphatic heterocycles. The van der Waals surface area contributed by atoms with Gasteiger partial charge >= 0.3 is 5.97 Å². The Kier molecular flexibility index (Phi) is 17.4. The summed E-state index contributed by atoms with van der Waals surface area (Å²) in [6.45, 7) is 14.8. The van der Waals surface area contributed by atoms with Gasteiger partial charge in [-0.1, -0.05) is 40.7 Å². The van der Waals surface area contributed by atoms with Crippen molar-refractivity contribution in [2.45, 2.75) is 99.1 Å². The molecule has 10 nitrogen and oxygen atoms in total. The van der Waals surface area contributed by atoms with Crippen molar-refractivity contribution >= 4 is 17.8 Å². The van der Waals surface area contributed by atoms with E-state index in [0.29, 0.717) is 43.5 Å². The van der Waals surface area contributed by atoms with Crippen molar-refractivity contribution in [1.29, 1.82) is 0 Å². The topological polar surface area (TPSA) is 152 Å². The Morgan fingerprint density at radius 3 is 2.20 bits per heavy atom. The third-order valence-corrected chi connectivity index (χ3v) is 8.21. The monoisotopic (exact) mass is 621 g/mol. The number of carbonyl (C=O) groups is 3. The van der Waals surface area contributed by atoms with E-state index in [2.05, 4.69) is 19.2 Å². The molecule has 0 saturated heterocycles. The molecule has 1 rings (SSSR count). The van der Waals surface area contributed by atoms with Crippen LogP contribution in [0.1, 0.15) is 86.1 Å². The van der Waals surface area contributed by atoms with E-state index < -0.39 is 29.4 Å². The summed E-state index contributed by atoms with van der Waals surface area (Å²) in [5.74, 6) is 0.278. The second-order valence-electron chi connectivity index (χ2n) is 13.1. The van der Waals surface area contributed by atoms with Gasteiger partial charge in [-0.05, 0) is 75.0 Å². The lowest BCUT2D eigenvalue weighted by atomic mass is 9.80. The fourth-order valence-electron chi connectivity index (χ4n) is 4.94. The van der Waals surface area contributed by atoms with Gasteiger partial charge in [-0.3, -0.25) is 14.4 Å². The predicted octanol–water partition coefficient (Wildman–Crippen LogP) is 4.64. The maximum absolute atomic E-state index is 13.3. The fourth-order valence-corrected chi connectivity index (χ4v) is 4.94. The highest BCUT2D eigenvalue weighted by Gasteiger charge is 2.34. The quantitative estimate of drug-likeness (QED) is 0.125. The van der Waals surface area contributed by atoms with Crippen LogP contribution in [0, 0.1) is 29.1 Å². The highest BCUT2D eigenvalue weighted by Crippen LogP contribution is 2.32. The van der Waals surface area contributed by atoms with E-state index >= 15 is 0 Å². The maximum atomic E-state index is 13.3. The molecule has 0 aliphatic rings. The zero-order valence-electron chi connectivity index (χ0n) is 28.6. The van der Waals surface area contributed by atoms with Crippen LogP contribution in [-0.4, -0.2) is 63.9 Å². The molecule has 0 aliphatic carbocycles. The first-order valence-electron chi connectivity index (χ1n) is 16.0. The second-order valence-corrected chi connectivity index (χ2v) is 13.1. The van der Waals surface area contributed by atoms with Crippen LogP contribution < -0.4 is 26.3 Å². The minimum atomic E-state index is -0.888. The molecule has 0 radical (unpaired) electrons. The van der Waals surface area contributed by atoms with Gasteiger partial charge in [0.2, 0.25) is 11.8 Å². The number of rotatable bonds is 22. The predicted molar refractivity (Wildman–Crippen MR) is 173 cm³/mol. The highest BCUT2D eigenvalue weighted by molar-refractivity contribution is 5.83. The van der Waals surface area contributed by atoms with Gasteiger partial charge in [-0.2, -0.15) is 0 Å². The van der Waals surface area contributed by atoms with Crippen LogP contribution >= 0.6 is 0 Å². The molecule has 44 heavy (non-hydrogen) atoms. The van der Waals surface area contributed by atoms with Crippen LogP contribution in [0.25, 0.3) is 0 Å². The summed E-state index contributed by atoms with van der Waals surface area (Å²) in [5, 5.41) is 2.89. The number of esters is 1.